The van der Waals surface area contributed by atoms with Gasteiger partial charge >= 0.3 is 0 Å². The Balaban J connectivity index is 2.30. The van der Waals surface area contributed by atoms with Crippen LogP contribution >= 0.6 is 21.6 Å². The quantitative estimate of drug-likeness (QED) is 0.132. The summed E-state index contributed by atoms with van der Waals surface area (Å²) in [6, 6.07) is 7.87. The van der Waals surface area contributed by atoms with Gasteiger partial charge in [0.05, 0.1) is 0 Å². The number of nitrogens with one attached hydrogen (secondary N) is 1. The molecule has 1 atom stereocenters. The summed E-state index contributed by atoms with van der Waals surface area (Å²) < 4.78 is 5.60. The topological polar surface area (TPSA) is 55.4 Å². The van der Waals surface area contributed by atoms with Crippen molar-refractivity contribution in [3.63, 3.8) is 0 Å². The first-order valence-electron chi connectivity index (χ1n) is 13.0. The molecule has 1 amide bonds. The van der Waals surface area contributed by atoms with Gasteiger partial charge in [-0.15, -0.1) is 11.8 Å². The average molecular weight is 520 g/mol. The fourth-order valence-electron chi connectivity index (χ4n) is 3.21. The van der Waals surface area contributed by atoms with Crippen LogP contribution in [0.3, 0.4) is 0 Å². The molecule has 1 rings (SSSR count). The molecule has 1 aromatic rings. The van der Waals surface area contributed by atoms with Crippen LogP contribution < -0.4 is 5.32 Å². The Morgan fingerprint density at radius 2 is 1.71 bits per heavy atom. The second-order valence-electron chi connectivity index (χ2n) is 9.99. The number of carbonyl (C=O) groups is 2. The Morgan fingerprint density at radius 1 is 1.00 bits per heavy atom. The van der Waals surface area contributed by atoms with Crippen LogP contribution in [-0.4, -0.2) is 36.7 Å². The molecule has 196 valence electrons. The molecule has 0 fully saturated rings. The molecule has 6 heteroatoms. The van der Waals surface area contributed by atoms with Crippen molar-refractivity contribution in [3.05, 3.63) is 29.8 Å². The molecule has 0 aliphatic carbocycles. The zero-order chi connectivity index (χ0) is 26.1. The van der Waals surface area contributed by atoms with Crippen molar-refractivity contribution in [1.29, 1.82) is 0 Å². The smallest absolute Gasteiger partial charge is 0.251 e. The third-order valence-electron chi connectivity index (χ3n) is 5.33. The normalized spacial score (nSPS) is 12.0. The largest absolute Gasteiger partial charge is 0.374 e. The summed E-state index contributed by atoms with van der Waals surface area (Å²) in [4.78, 5) is 25.3. The summed E-state index contributed by atoms with van der Waals surface area (Å²) in [5.74, 6) is 7.81. The van der Waals surface area contributed by atoms with Gasteiger partial charge in [0.15, 0.2) is 5.78 Å². The monoisotopic (exact) mass is 519 g/mol. The third kappa shape index (κ3) is 16.0. The first-order valence-corrected chi connectivity index (χ1v) is 15.2. The van der Waals surface area contributed by atoms with E-state index in [-0.39, 0.29) is 18.3 Å². The predicted octanol–water partition coefficient (Wildman–Crippen LogP) is 7.42. The van der Waals surface area contributed by atoms with Crippen LogP contribution in [0.1, 0.15) is 90.4 Å². The Bertz CT molecular complexity index is 794. The van der Waals surface area contributed by atoms with E-state index in [0.29, 0.717) is 48.0 Å². The van der Waals surface area contributed by atoms with Gasteiger partial charge < -0.3 is 10.1 Å². The number of hydrogen-bond donors (Lipinski definition) is 1. The number of Topliss-reactive ketones (excluding diaryl/α,β-unsaturated/α-hetero) is 1. The van der Waals surface area contributed by atoms with E-state index in [1.165, 1.54) is 0 Å². The molecule has 0 aromatic heterocycles. The van der Waals surface area contributed by atoms with Crippen molar-refractivity contribution in [2.24, 2.45) is 17.8 Å². The zero-order valence-electron chi connectivity index (χ0n) is 22.5. The fourth-order valence-corrected chi connectivity index (χ4v) is 6.17. The van der Waals surface area contributed by atoms with Crippen molar-refractivity contribution in [1.82, 2.24) is 5.32 Å². The summed E-state index contributed by atoms with van der Waals surface area (Å²) >= 11 is 0. The highest BCUT2D eigenvalue weighted by Crippen LogP contribution is 2.39. The molecule has 0 radical (unpaired) electrons. The van der Waals surface area contributed by atoms with Gasteiger partial charge in [-0.05, 0) is 61.8 Å². The number of carbonyl (C=O) groups excluding carboxylic acids is 2. The van der Waals surface area contributed by atoms with E-state index in [0.717, 1.165) is 37.1 Å². The molecule has 0 saturated carbocycles. The van der Waals surface area contributed by atoms with Crippen molar-refractivity contribution in [2.45, 2.75) is 90.2 Å². The lowest BCUT2D eigenvalue weighted by Gasteiger charge is -2.19. The maximum absolute atomic E-state index is 12.3. The predicted molar refractivity (Wildman–Crippen MR) is 152 cm³/mol. The Hall–Kier alpha value is -1.42. The Kier molecular flexibility index (Phi) is 17.0. The molecule has 0 aliphatic heterocycles. The molecular formula is C29H45NO3S2. The summed E-state index contributed by atoms with van der Waals surface area (Å²) in [5.41, 5.74) is 0.711. The molecule has 35 heavy (non-hydrogen) atoms. The minimum Gasteiger partial charge on any atom is -0.374 e. The number of hydrogen-bond acceptors (Lipinski definition) is 5. The van der Waals surface area contributed by atoms with Crippen LogP contribution in [0.4, 0.5) is 0 Å². The molecule has 1 unspecified atom stereocenters. The van der Waals surface area contributed by atoms with E-state index in [9.17, 15) is 9.59 Å². The second kappa shape index (κ2) is 18.8. The van der Waals surface area contributed by atoms with E-state index < -0.39 is 0 Å². The van der Waals surface area contributed by atoms with E-state index in [1.807, 2.05) is 48.9 Å². The van der Waals surface area contributed by atoms with Gasteiger partial charge in [-0.3, -0.25) is 9.59 Å². The Labute approximate surface area is 221 Å². The average Bonchev–Trinajstić information content (AvgIpc) is 2.81. The molecule has 0 heterocycles. The lowest BCUT2D eigenvalue weighted by atomic mass is 10.1. The SMILES string of the molecule is CC(C)C#CCCC(=O)COCCCC(SSc1ccc(C(=O)NCCCC(C)C)cc1)C(C)C. The van der Waals surface area contributed by atoms with Crippen LogP contribution in [0.2, 0.25) is 0 Å². The molecule has 1 N–H and O–H groups in total. The lowest BCUT2D eigenvalue weighted by molar-refractivity contribution is -0.123. The van der Waals surface area contributed by atoms with Gasteiger partial charge in [0, 0.05) is 47.6 Å². The number of amides is 1. The highest BCUT2D eigenvalue weighted by atomic mass is 33.1. The van der Waals surface area contributed by atoms with Crippen LogP contribution in [0.15, 0.2) is 29.2 Å². The van der Waals surface area contributed by atoms with Gasteiger partial charge in [-0.2, -0.15) is 0 Å². The molecule has 1 aromatic carbocycles. The van der Waals surface area contributed by atoms with E-state index in [4.69, 9.17) is 4.74 Å². The number of ether oxygens (including phenoxy) is 1. The van der Waals surface area contributed by atoms with Crippen LogP contribution in [-0.2, 0) is 9.53 Å². The summed E-state index contributed by atoms with van der Waals surface area (Å²) in [6.45, 7) is 14.5. The van der Waals surface area contributed by atoms with E-state index in [1.54, 1.807) is 10.8 Å². The van der Waals surface area contributed by atoms with Gasteiger partial charge in [-0.25, -0.2) is 0 Å². The minimum atomic E-state index is -0.0000135. The molecule has 0 aliphatic rings. The maximum atomic E-state index is 12.3. The minimum absolute atomic E-state index is 0.0000135. The van der Waals surface area contributed by atoms with E-state index >= 15 is 0 Å². The molecule has 0 saturated heterocycles. The highest BCUT2D eigenvalue weighted by molar-refractivity contribution is 8.76. The first kappa shape index (κ1) is 31.6. The standard InChI is InChI=1S/C29H45NO3S2/c1-22(2)11-7-8-13-26(31)21-33-20-10-14-28(24(5)6)35-34-27-17-15-25(16-18-27)29(32)30-19-9-12-23(3)4/h15-18,22-24,28H,8-10,12-14,19-21H2,1-6H3,(H,30,32). The molecule has 4 nitrogen and oxygen atoms in total. The van der Waals surface area contributed by atoms with Gasteiger partial charge in [-0.1, -0.05) is 63.1 Å². The van der Waals surface area contributed by atoms with E-state index in [2.05, 4.69) is 44.9 Å². The van der Waals surface area contributed by atoms with Crippen molar-refractivity contribution in [2.75, 3.05) is 19.8 Å². The number of ketones is 1. The van der Waals surface area contributed by atoms with Gasteiger partial charge in [0.25, 0.3) is 5.91 Å². The van der Waals surface area contributed by atoms with Gasteiger partial charge in [0.1, 0.15) is 6.61 Å². The van der Waals surface area contributed by atoms with Crippen molar-refractivity contribution >= 4 is 33.3 Å². The number of rotatable bonds is 17. The second-order valence-corrected chi connectivity index (χ2v) is 12.5. The van der Waals surface area contributed by atoms with Gasteiger partial charge in [0.2, 0.25) is 0 Å². The summed E-state index contributed by atoms with van der Waals surface area (Å²) in [5, 5.41) is 3.50. The molecule has 0 spiro atoms. The highest BCUT2D eigenvalue weighted by Gasteiger charge is 2.15. The lowest BCUT2D eigenvalue weighted by Crippen LogP contribution is -2.24. The summed E-state index contributed by atoms with van der Waals surface area (Å²) in [7, 11) is 3.64. The summed E-state index contributed by atoms with van der Waals surface area (Å²) in [6.07, 6.45) is 5.21. The fraction of sp³-hybridized carbons (Fsp3) is 0.655. The maximum Gasteiger partial charge on any atom is 0.251 e. The van der Waals surface area contributed by atoms with Crippen molar-refractivity contribution in [3.8, 4) is 11.8 Å². The van der Waals surface area contributed by atoms with Crippen LogP contribution in [0.5, 0.6) is 0 Å². The number of benzene rings is 1. The van der Waals surface area contributed by atoms with Crippen LogP contribution in [0, 0.1) is 29.6 Å². The zero-order valence-corrected chi connectivity index (χ0v) is 24.2. The Morgan fingerprint density at radius 3 is 2.34 bits per heavy atom. The third-order valence-corrected chi connectivity index (χ3v) is 8.53. The van der Waals surface area contributed by atoms with Crippen molar-refractivity contribution < 1.29 is 14.3 Å². The first-order chi connectivity index (χ1) is 16.7. The molecular weight excluding hydrogens is 474 g/mol. The van der Waals surface area contributed by atoms with Crippen LogP contribution in [0.25, 0.3) is 0 Å². The molecule has 0 bridgehead atoms.